The molecule has 0 saturated carbocycles. The SMILES string of the molecule is O=C(Nc1cccc(Cl)c1)C1C(Cc2ccccc2)CNC1c1ccccc1. The average Bonchev–Trinajstić information content (AvgIpc) is 3.13. The van der Waals surface area contributed by atoms with E-state index in [1.165, 1.54) is 5.56 Å². The number of hydrogen-bond acceptors (Lipinski definition) is 2. The molecule has 0 radical (unpaired) electrons. The molecule has 28 heavy (non-hydrogen) atoms. The van der Waals surface area contributed by atoms with Crippen molar-refractivity contribution in [1.29, 1.82) is 0 Å². The van der Waals surface area contributed by atoms with Crippen molar-refractivity contribution in [1.82, 2.24) is 5.32 Å². The summed E-state index contributed by atoms with van der Waals surface area (Å²) in [4.78, 5) is 13.3. The molecular weight excluding hydrogens is 368 g/mol. The molecule has 1 amide bonds. The molecule has 1 heterocycles. The monoisotopic (exact) mass is 390 g/mol. The van der Waals surface area contributed by atoms with E-state index < -0.39 is 0 Å². The summed E-state index contributed by atoms with van der Waals surface area (Å²) in [6.07, 6.45) is 0.866. The molecular formula is C24H23ClN2O. The van der Waals surface area contributed by atoms with Crippen molar-refractivity contribution < 1.29 is 4.79 Å². The fourth-order valence-corrected chi connectivity index (χ4v) is 4.25. The van der Waals surface area contributed by atoms with Gasteiger partial charge in [0.2, 0.25) is 5.91 Å². The van der Waals surface area contributed by atoms with E-state index in [1.807, 2.05) is 48.5 Å². The Kier molecular flexibility index (Phi) is 5.75. The van der Waals surface area contributed by atoms with Gasteiger partial charge in [-0.05, 0) is 48.2 Å². The van der Waals surface area contributed by atoms with Crippen LogP contribution in [0.4, 0.5) is 5.69 Å². The van der Waals surface area contributed by atoms with E-state index in [0.717, 1.165) is 24.2 Å². The highest BCUT2D eigenvalue weighted by Crippen LogP contribution is 2.36. The first-order valence-electron chi connectivity index (χ1n) is 9.59. The third kappa shape index (κ3) is 4.27. The van der Waals surface area contributed by atoms with Gasteiger partial charge in [-0.15, -0.1) is 0 Å². The smallest absolute Gasteiger partial charge is 0.229 e. The molecule has 3 aromatic carbocycles. The van der Waals surface area contributed by atoms with E-state index in [-0.39, 0.29) is 23.8 Å². The molecule has 3 aromatic rings. The third-order valence-electron chi connectivity index (χ3n) is 5.36. The molecule has 0 aliphatic carbocycles. The summed E-state index contributed by atoms with van der Waals surface area (Å²) in [7, 11) is 0. The molecule has 0 spiro atoms. The van der Waals surface area contributed by atoms with Crippen molar-refractivity contribution in [2.45, 2.75) is 12.5 Å². The summed E-state index contributed by atoms with van der Waals surface area (Å²) in [5.41, 5.74) is 3.13. The van der Waals surface area contributed by atoms with Crippen LogP contribution in [0, 0.1) is 11.8 Å². The Morgan fingerprint density at radius 2 is 1.68 bits per heavy atom. The van der Waals surface area contributed by atoms with Crippen LogP contribution in [0.1, 0.15) is 17.2 Å². The van der Waals surface area contributed by atoms with Gasteiger partial charge in [0.25, 0.3) is 0 Å². The van der Waals surface area contributed by atoms with Crippen LogP contribution >= 0.6 is 11.6 Å². The van der Waals surface area contributed by atoms with Gasteiger partial charge in [0.05, 0.1) is 5.92 Å². The van der Waals surface area contributed by atoms with Crippen molar-refractivity contribution in [2.75, 3.05) is 11.9 Å². The number of halogens is 1. The van der Waals surface area contributed by atoms with Crippen molar-refractivity contribution >= 4 is 23.2 Å². The van der Waals surface area contributed by atoms with Gasteiger partial charge in [-0.3, -0.25) is 4.79 Å². The van der Waals surface area contributed by atoms with Gasteiger partial charge in [0.15, 0.2) is 0 Å². The second-order valence-electron chi connectivity index (χ2n) is 7.27. The van der Waals surface area contributed by atoms with Crippen LogP contribution in [0.25, 0.3) is 0 Å². The van der Waals surface area contributed by atoms with E-state index in [2.05, 4.69) is 34.9 Å². The van der Waals surface area contributed by atoms with Crippen LogP contribution in [0.2, 0.25) is 5.02 Å². The van der Waals surface area contributed by atoms with E-state index >= 15 is 0 Å². The summed E-state index contributed by atoms with van der Waals surface area (Å²) in [6.45, 7) is 0.808. The molecule has 1 saturated heterocycles. The zero-order valence-electron chi connectivity index (χ0n) is 15.5. The second kappa shape index (κ2) is 8.59. The molecule has 4 rings (SSSR count). The lowest BCUT2D eigenvalue weighted by Crippen LogP contribution is -2.32. The standard InChI is InChI=1S/C24H23ClN2O/c25-20-12-7-13-21(15-20)27-24(28)22-19(14-17-8-3-1-4-9-17)16-26-23(22)18-10-5-2-6-11-18/h1-13,15,19,22-23,26H,14,16H2,(H,27,28). The maximum absolute atomic E-state index is 13.3. The molecule has 3 unspecified atom stereocenters. The first-order chi connectivity index (χ1) is 13.7. The Morgan fingerprint density at radius 3 is 2.39 bits per heavy atom. The molecule has 0 bridgehead atoms. The predicted molar refractivity (Wildman–Crippen MR) is 114 cm³/mol. The van der Waals surface area contributed by atoms with E-state index in [9.17, 15) is 4.79 Å². The third-order valence-corrected chi connectivity index (χ3v) is 5.60. The summed E-state index contributed by atoms with van der Waals surface area (Å²) < 4.78 is 0. The number of hydrogen-bond donors (Lipinski definition) is 2. The van der Waals surface area contributed by atoms with Crippen LogP contribution in [-0.4, -0.2) is 12.5 Å². The predicted octanol–water partition coefficient (Wildman–Crippen LogP) is 5.10. The summed E-state index contributed by atoms with van der Waals surface area (Å²) in [5, 5.41) is 7.28. The molecule has 3 nitrogen and oxygen atoms in total. The average molecular weight is 391 g/mol. The number of benzene rings is 3. The summed E-state index contributed by atoms with van der Waals surface area (Å²) >= 11 is 6.08. The Balaban J connectivity index is 1.60. The van der Waals surface area contributed by atoms with Crippen LogP contribution in [-0.2, 0) is 11.2 Å². The maximum Gasteiger partial charge on any atom is 0.229 e. The molecule has 1 fully saturated rings. The second-order valence-corrected chi connectivity index (χ2v) is 7.71. The summed E-state index contributed by atoms with van der Waals surface area (Å²) in [5.74, 6) is 0.0791. The van der Waals surface area contributed by atoms with E-state index in [1.54, 1.807) is 12.1 Å². The van der Waals surface area contributed by atoms with Gasteiger partial charge in [-0.25, -0.2) is 0 Å². The summed E-state index contributed by atoms with van der Waals surface area (Å²) in [6, 6.07) is 27.9. The Morgan fingerprint density at radius 1 is 0.964 bits per heavy atom. The van der Waals surface area contributed by atoms with E-state index in [0.29, 0.717) is 5.02 Å². The Bertz CT molecular complexity index is 930. The van der Waals surface area contributed by atoms with Crippen molar-refractivity contribution in [3.63, 3.8) is 0 Å². The fourth-order valence-electron chi connectivity index (χ4n) is 4.06. The molecule has 1 aliphatic heterocycles. The van der Waals surface area contributed by atoms with Crippen LogP contribution in [0.3, 0.4) is 0 Å². The number of rotatable bonds is 5. The zero-order chi connectivity index (χ0) is 19.3. The molecule has 3 atom stereocenters. The number of carbonyl (C=O) groups excluding carboxylic acids is 1. The van der Waals surface area contributed by atoms with Crippen molar-refractivity contribution in [3.05, 3.63) is 101 Å². The van der Waals surface area contributed by atoms with Crippen LogP contribution < -0.4 is 10.6 Å². The molecule has 1 aliphatic rings. The minimum absolute atomic E-state index is 0.00547. The lowest BCUT2D eigenvalue weighted by molar-refractivity contribution is -0.121. The topological polar surface area (TPSA) is 41.1 Å². The van der Waals surface area contributed by atoms with Gasteiger partial charge < -0.3 is 10.6 Å². The minimum Gasteiger partial charge on any atom is -0.326 e. The molecule has 142 valence electrons. The number of anilines is 1. The Hall–Kier alpha value is -2.62. The molecule has 4 heteroatoms. The fraction of sp³-hybridized carbons (Fsp3) is 0.208. The normalized spacial score (nSPS) is 21.4. The minimum atomic E-state index is -0.165. The highest BCUT2D eigenvalue weighted by molar-refractivity contribution is 6.30. The van der Waals surface area contributed by atoms with E-state index in [4.69, 9.17) is 11.6 Å². The highest BCUT2D eigenvalue weighted by atomic mass is 35.5. The quantitative estimate of drug-likeness (QED) is 0.636. The number of amides is 1. The zero-order valence-corrected chi connectivity index (χ0v) is 16.3. The van der Waals surface area contributed by atoms with Gasteiger partial charge in [-0.1, -0.05) is 78.3 Å². The van der Waals surface area contributed by atoms with Crippen LogP contribution in [0.15, 0.2) is 84.9 Å². The van der Waals surface area contributed by atoms with Gasteiger partial charge in [0, 0.05) is 16.8 Å². The lowest BCUT2D eigenvalue weighted by Gasteiger charge is -2.24. The van der Waals surface area contributed by atoms with Crippen molar-refractivity contribution in [2.24, 2.45) is 11.8 Å². The van der Waals surface area contributed by atoms with Gasteiger partial charge in [-0.2, -0.15) is 0 Å². The molecule has 2 N–H and O–H groups in total. The highest BCUT2D eigenvalue weighted by Gasteiger charge is 2.41. The van der Waals surface area contributed by atoms with Crippen molar-refractivity contribution in [3.8, 4) is 0 Å². The Labute approximate surface area is 170 Å². The van der Waals surface area contributed by atoms with Crippen LogP contribution in [0.5, 0.6) is 0 Å². The first kappa shape index (κ1) is 18.7. The van der Waals surface area contributed by atoms with Gasteiger partial charge in [0.1, 0.15) is 0 Å². The largest absolute Gasteiger partial charge is 0.326 e. The number of nitrogens with one attached hydrogen (secondary N) is 2. The number of carbonyl (C=O) groups is 1. The first-order valence-corrected chi connectivity index (χ1v) is 9.97. The lowest BCUT2D eigenvalue weighted by atomic mass is 9.83. The maximum atomic E-state index is 13.3. The van der Waals surface area contributed by atoms with Gasteiger partial charge >= 0.3 is 0 Å². The molecule has 0 aromatic heterocycles.